The van der Waals surface area contributed by atoms with Crippen molar-refractivity contribution in [3.63, 3.8) is 0 Å². The molecular formula is C26H28FNO. The van der Waals surface area contributed by atoms with Gasteiger partial charge in [-0.2, -0.15) is 0 Å². The van der Waals surface area contributed by atoms with Crippen LogP contribution in [0.15, 0.2) is 72.8 Å². The van der Waals surface area contributed by atoms with Crippen molar-refractivity contribution in [3.8, 4) is 0 Å². The molecule has 3 aromatic rings. The molecule has 0 aromatic heterocycles. The summed E-state index contributed by atoms with van der Waals surface area (Å²) in [6, 6.07) is 23.8. The lowest BCUT2D eigenvalue weighted by atomic mass is 9.80. The summed E-state index contributed by atoms with van der Waals surface area (Å²) in [5.74, 6) is -0.176. The molecule has 0 unspecified atom stereocenters. The minimum atomic E-state index is -0.856. The molecule has 1 heterocycles. The number of aliphatic hydroxyl groups is 1. The van der Waals surface area contributed by atoms with Crippen LogP contribution in [0.2, 0.25) is 0 Å². The van der Waals surface area contributed by atoms with E-state index < -0.39 is 5.60 Å². The third kappa shape index (κ3) is 4.58. The molecule has 1 fully saturated rings. The van der Waals surface area contributed by atoms with Crippen LogP contribution in [0.25, 0.3) is 0 Å². The van der Waals surface area contributed by atoms with Crippen LogP contribution in [-0.4, -0.2) is 23.1 Å². The first-order chi connectivity index (χ1) is 14.0. The molecule has 0 spiro atoms. The van der Waals surface area contributed by atoms with Crippen molar-refractivity contribution in [1.82, 2.24) is 4.90 Å². The minimum Gasteiger partial charge on any atom is -0.385 e. The van der Waals surface area contributed by atoms with E-state index in [0.717, 1.165) is 36.3 Å². The first-order valence-electron chi connectivity index (χ1n) is 10.4. The summed E-state index contributed by atoms with van der Waals surface area (Å²) >= 11 is 0. The highest BCUT2D eigenvalue weighted by Gasteiger charge is 2.35. The summed E-state index contributed by atoms with van der Waals surface area (Å²) in [6.07, 6.45) is 1.87. The molecule has 3 heteroatoms. The first kappa shape index (κ1) is 19.8. The molecule has 3 aromatic carbocycles. The molecule has 0 saturated carbocycles. The molecule has 0 bridgehead atoms. The van der Waals surface area contributed by atoms with Gasteiger partial charge in [-0.25, -0.2) is 4.39 Å². The van der Waals surface area contributed by atoms with E-state index in [2.05, 4.69) is 29.2 Å². The van der Waals surface area contributed by atoms with Crippen molar-refractivity contribution < 1.29 is 9.50 Å². The fraction of sp³-hybridized carbons (Fsp3) is 0.308. The molecule has 0 atom stereocenters. The van der Waals surface area contributed by atoms with Gasteiger partial charge in [0.25, 0.3) is 0 Å². The van der Waals surface area contributed by atoms with E-state index in [-0.39, 0.29) is 5.82 Å². The van der Waals surface area contributed by atoms with Gasteiger partial charge in [0, 0.05) is 26.1 Å². The SMILES string of the molecule is Cc1ccc(Cc2ccccc2C2(O)CCN(Cc3ccccc3)CC2)c(F)c1. The Morgan fingerprint density at radius 1 is 0.897 bits per heavy atom. The van der Waals surface area contributed by atoms with Gasteiger partial charge in [0.05, 0.1) is 5.60 Å². The van der Waals surface area contributed by atoms with Crippen LogP contribution < -0.4 is 0 Å². The first-order valence-corrected chi connectivity index (χ1v) is 10.4. The molecule has 0 amide bonds. The van der Waals surface area contributed by atoms with Crippen LogP contribution in [0.4, 0.5) is 4.39 Å². The summed E-state index contributed by atoms with van der Waals surface area (Å²) in [5.41, 5.74) is 3.99. The van der Waals surface area contributed by atoms with Crippen molar-refractivity contribution in [2.24, 2.45) is 0 Å². The van der Waals surface area contributed by atoms with E-state index in [9.17, 15) is 9.50 Å². The van der Waals surface area contributed by atoms with Crippen molar-refractivity contribution in [3.05, 3.63) is 106 Å². The van der Waals surface area contributed by atoms with E-state index in [1.807, 2.05) is 49.4 Å². The third-order valence-electron chi connectivity index (χ3n) is 6.04. The lowest BCUT2D eigenvalue weighted by Crippen LogP contribution is -2.42. The van der Waals surface area contributed by atoms with Crippen LogP contribution in [0.1, 0.15) is 40.7 Å². The van der Waals surface area contributed by atoms with Crippen LogP contribution in [0.3, 0.4) is 0 Å². The van der Waals surface area contributed by atoms with E-state index in [0.29, 0.717) is 24.8 Å². The number of hydrogen-bond acceptors (Lipinski definition) is 2. The van der Waals surface area contributed by atoms with Gasteiger partial charge in [-0.15, -0.1) is 0 Å². The molecule has 4 rings (SSSR count). The largest absolute Gasteiger partial charge is 0.385 e. The summed E-state index contributed by atoms with van der Waals surface area (Å²) < 4.78 is 14.4. The van der Waals surface area contributed by atoms with Crippen LogP contribution in [0, 0.1) is 12.7 Å². The second kappa shape index (κ2) is 8.48. The predicted octanol–water partition coefficient (Wildman–Crippen LogP) is 5.21. The molecule has 1 N–H and O–H groups in total. The molecule has 1 aliphatic rings. The molecule has 1 aliphatic heterocycles. The number of hydrogen-bond donors (Lipinski definition) is 1. The van der Waals surface area contributed by atoms with E-state index in [1.54, 1.807) is 6.07 Å². The average molecular weight is 390 g/mol. The Labute approximate surface area is 172 Å². The van der Waals surface area contributed by atoms with Gasteiger partial charge in [0.1, 0.15) is 5.82 Å². The Hall–Kier alpha value is -2.49. The number of halogens is 1. The molecule has 0 aliphatic carbocycles. The standard InChI is InChI=1S/C26H28FNO/c1-20-11-12-23(25(27)17-20)18-22-9-5-6-10-24(22)26(29)13-15-28(16-14-26)19-21-7-3-2-4-8-21/h2-12,17,29H,13-16,18-19H2,1H3. The second-order valence-electron chi connectivity index (χ2n) is 8.22. The zero-order chi connectivity index (χ0) is 20.3. The fourth-order valence-electron chi connectivity index (χ4n) is 4.32. The Kier molecular flexibility index (Phi) is 5.79. The fourth-order valence-corrected chi connectivity index (χ4v) is 4.32. The Morgan fingerprint density at radius 3 is 2.31 bits per heavy atom. The lowest BCUT2D eigenvalue weighted by molar-refractivity contribution is -0.0283. The molecule has 0 radical (unpaired) electrons. The quantitative estimate of drug-likeness (QED) is 0.648. The predicted molar refractivity (Wildman–Crippen MR) is 115 cm³/mol. The van der Waals surface area contributed by atoms with Gasteiger partial charge < -0.3 is 5.11 Å². The molecule has 29 heavy (non-hydrogen) atoms. The van der Waals surface area contributed by atoms with Crippen LogP contribution in [-0.2, 0) is 18.6 Å². The maximum absolute atomic E-state index is 14.4. The number of piperidine rings is 1. The number of rotatable bonds is 5. The topological polar surface area (TPSA) is 23.5 Å². The molecular weight excluding hydrogens is 361 g/mol. The highest BCUT2D eigenvalue weighted by atomic mass is 19.1. The summed E-state index contributed by atoms with van der Waals surface area (Å²) in [6.45, 7) is 4.50. The Bertz CT molecular complexity index is 961. The lowest BCUT2D eigenvalue weighted by Gasteiger charge is -2.39. The Balaban J connectivity index is 1.50. The maximum atomic E-state index is 14.4. The summed E-state index contributed by atoms with van der Waals surface area (Å²) in [7, 11) is 0. The summed E-state index contributed by atoms with van der Waals surface area (Å²) in [5, 5.41) is 11.5. The second-order valence-corrected chi connectivity index (χ2v) is 8.22. The van der Waals surface area contributed by atoms with Crippen LogP contribution in [0.5, 0.6) is 0 Å². The maximum Gasteiger partial charge on any atom is 0.126 e. The van der Waals surface area contributed by atoms with E-state index in [1.165, 1.54) is 5.56 Å². The summed E-state index contributed by atoms with van der Waals surface area (Å²) in [4.78, 5) is 2.39. The van der Waals surface area contributed by atoms with E-state index in [4.69, 9.17) is 0 Å². The number of nitrogens with zero attached hydrogens (tertiary/aromatic N) is 1. The van der Waals surface area contributed by atoms with Gasteiger partial charge in [-0.05, 0) is 53.6 Å². The van der Waals surface area contributed by atoms with Crippen LogP contribution >= 0.6 is 0 Å². The van der Waals surface area contributed by atoms with Gasteiger partial charge >= 0.3 is 0 Å². The third-order valence-corrected chi connectivity index (χ3v) is 6.04. The monoisotopic (exact) mass is 389 g/mol. The van der Waals surface area contributed by atoms with Gasteiger partial charge in [-0.3, -0.25) is 4.90 Å². The van der Waals surface area contributed by atoms with Crippen molar-refractivity contribution in [2.45, 2.75) is 38.3 Å². The highest BCUT2D eigenvalue weighted by Crippen LogP contribution is 2.36. The smallest absolute Gasteiger partial charge is 0.126 e. The van der Waals surface area contributed by atoms with Crippen molar-refractivity contribution in [2.75, 3.05) is 13.1 Å². The normalized spacial score (nSPS) is 16.7. The van der Waals surface area contributed by atoms with Crippen molar-refractivity contribution >= 4 is 0 Å². The Morgan fingerprint density at radius 2 is 1.59 bits per heavy atom. The highest BCUT2D eigenvalue weighted by molar-refractivity contribution is 5.38. The zero-order valence-corrected chi connectivity index (χ0v) is 16.9. The van der Waals surface area contributed by atoms with E-state index >= 15 is 0 Å². The number of likely N-dealkylation sites (tertiary alicyclic amines) is 1. The zero-order valence-electron chi connectivity index (χ0n) is 16.9. The van der Waals surface area contributed by atoms with Gasteiger partial charge in [0.2, 0.25) is 0 Å². The number of benzene rings is 3. The molecule has 150 valence electrons. The minimum absolute atomic E-state index is 0.176. The molecule has 2 nitrogen and oxygen atoms in total. The average Bonchev–Trinajstić information content (AvgIpc) is 2.73. The number of aryl methyl sites for hydroxylation is 1. The van der Waals surface area contributed by atoms with Gasteiger partial charge in [-0.1, -0.05) is 66.7 Å². The van der Waals surface area contributed by atoms with Gasteiger partial charge in [0.15, 0.2) is 0 Å². The van der Waals surface area contributed by atoms with Crippen molar-refractivity contribution in [1.29, 1.82) is 0 Å². The molecule has 1 saturated heterocycles.